The van der Waals surface area contributed by atoms with Gasteiger partial charge in [-0.15, -0.1) is 11.3 Å². The highest BCUT2D eigenvalue weighted by atomic mass is 35.5. The lowest BCUT2D eigenvalue weighted by Crippen LogP contribution is -2.44. The normalized spacial score (nSPS) is 15.5. The zero-order valence-corrected chi connectivity index (χ0v) is 17.2. The molecule has 1 N–H and O–H groups in total. The summed E-state index contributed by atoms with van der Waals surface area (Å²) in [7, 11) is 0. The Morgan fingerprint density at radius 1 is 1.07 bits per heavy atom. The highest BCUT2D eigenvalue weighted by Gasteiger charge is 2.21. The summed E-state index contributed by atoms with van der Waals surface area (Å²) in [6.45, 7) is 2.93. The van der Waals surface area contributed by atoms with E-state index in [1.165, 1.54) is 16.0 Å². The van der Waals surface area contributed by atoms with Crippen LogP contribution < -0.4 is 5.32 Å². The van der Waals surface area contributed by atoms with Crippen molar-refractivity contribution in [3.05, 3.63) is 82.2 Å². The minimum absolute atomic E-state index is 0.0374. The van der Waals surface area contributed by atoms with Crippen LogP contribution in [0.25, 0.3) is 10.4 Å². The Morgan fingerprint density at radius 2 is 1.89 bits per heavy atom. The number of hydrogen-bond donors (Lipinski definition) is 1. The summed E-state index contributed by atoms with van der Waals surface area (Å²) >= 11 is 7.76. The van der Waals surface area contributed by atoms with E-state index in [-0.39, 0.29) is 11.9 Å². The summed E-state index contributed by atoms with van der Waals surface area (Å²) in [4.78, 5) is 16.2. The molecule has 1 amide bonds. The van der Waals surface area contributed by atoms with Gasteiger partial charge in [0, 0.05) is 41.1 Å². The summed E-state index contributed by atoms with van der Waals surface area (Å²) in [5.41, 5.74) is 3.25. The molecule has 1 aromatic heterocycles. The molecule has 2 heterocycles. The number of halogens is 1. The zero-order valence-electron chi connectivity index (χ0n) is 15.6. The molecule has 0 saturated carbocycles. The van der Waals surface area contributed by atoms with Crippen molar-refractivity contribution in [2.75, 3.05) is 13.1 Å². The van der Waals surface area contributed by atoms with Crippen LogP contribution in [-0.4, -0.2) is 29.9 Å². The second kappa shape index (κ2) is 8.91. The Labute approximate surface area is 175 Å². The number of piperidine rings is 1. The quantitative estimate of drug-likeness (QED) is 0.605. The molecule has 3 nitrogen and oxygen atoms in total. The summed E-state index contributed by atoms with van der Waals surface area (Å²) in [6.07, 6.45) is 1.94. The Hall–Kier alpha value is -2.14. The van der Waals surface area contributed by atoms with Crippen molar-refractivity contribution in [3.63, 3.8) is 0 Å². The summed E-state index contributed by atoms with van der Waals surface area (Å²) in [6, 6.07) is 20.4. The van der Waals surface area contributed by atoms with E-state index >= 15 is 0 Å². The van der Waals surface area contributed by atoms with E-state index in [1.54, 1.807) is 29.5 Å². The predicted octanol–water partition coefficient (Wildman–Crippen LogP) is 5.46. The molecule has 1 saturated heterocycles. The van der Waals surface area contributed by atoms with Crippen molar-refractivity contribution in [2.24, 2.45) is 0 Å². The number of amides is 1. The van der Waals surface area contributed by atoms with Crippen molar-refractivity contribution in [3.8, 4) is 10.4 Å². The van der Waals surface area contributed by atoms with Crippen LogP contribution in [0.1, 0.15) is 28.8 Å². The van der Waals surface area contributed by atoms with Crippen molar-refractivity contribution in [2.45, 2.75) is 25.4 Å². The maximum absolute atomic E-state index is 12.4. The lowest BCUT2D eigenvalue weighted by molar-refractivity contribution is 0.0909. The molecule has 1 aliphatic heterocycles. The molecule has 1 aliphatic rings. The monoisotopic (exact) mass is 410 g/mol. The van der Waals surface area contributed by atoms with E-state index < -0.39 is 0 Å². The third kappa shape index (κ3) is 4.82. The van der Waals surface area contributed by atoms with Crippen molar-refractivity contribution in [1.82, 2.24) is 10.2 Å². The van der Waals surface area contributed by atoms with Gasteiger partial charge in [0.1, 0.15) is 0 Å². The predicted molar refractivity (Wildman–Crippen MR) is 117 cm³/mol. The maximum Gasteiger partial charge on any atom is 0.251 e. The Bertz CT molecular complexity index is 933. The van der Waals surface area contributed by atoms with Crippen molar-refractivity contribution < 1.29 is 4.79 Å². The molecular weight excluding hydrogens is 388 g/mol. The number of nitrogens with one attached hydrogen (secondary N) is 1. The van der Waals surface area contributed by atoms with Gasteiger partial charge in [0.15, 0.2) is 0 Å². The molecule has 0 aliphatic carbocycles. The second-order valence-corrected chi connectivity index (χ2v) is 8.60. The van der Waals surface area contributed by atoms with Gasteiger partial charge < -0.3 is 5.32 Å². The largest absolute Gasteiger partial charge is 0.349 e. The smallest absolute Gasteiger partial charge is 0.251 e. The van der Waals surface area contributed by atoms with Gasteiger partial charge in [0.05, 0.1) is 0 Å². The van der Waals surface area contributed by atoms with Gasteiger partial charge in [0.2, 0.25) is 0 Å². The Balaban J connectivity index is 1.30. The molecule has 0 atom stereocenters. The first-order valence-corrected chi connectivity index (χ1v) is 10.8. The third-order valence-corrected chi connectivity index (χ3v) is 6.30. The number of carbonyl (C=O) groups excluding carboxylic acids is 1. The number of carbonyl (C=O) groups is 1. The molecule has 1 fully saturated rings. The van der Waals surface area contributed by atoms with Gasteiger partial charge >= 0.3 is 0 Å². The van der Waals surface area contributed by atoms with Crippen LogP contribution in [0.3, 0.4) is 0 Å². The molecule has 28 heavy (non-hydrogen) atoms. The van der Waals surface area contributed by atoms with Crippen molar-refractivity contribution >= 4 is 28.8 Å². The topological polar surface area (TPSA) is 32.3 Å². The molecule has 5 heteroatoms. The summed E-state index contributed by atoms with van der Waals surface area (Å²) < 4.78 is 0. The lowest BCUT2D eigenvalue weighted by Gasteiger charge is -2.32. The third-order valence-electron chi connectivity index (χ3n) is 5.15. The first-order valence-electron chi connectivity index (χ1n) is 9.59. The van der Waals surface area contributed by atoms with Gasteiger partial charge in [-0.05, 0) is 59.7 Å². The maximum atomic E-state index is 12.4. The van der Waals surface area contributed by atoms with Crippen LogP contribution in [0.15, 0.2) is 66.0 Å². The molecule has 3 aromatic rings. The molecule has 4 rings (SSSR count). The number of benzene rings is 2. The summed E-state index contributed by atoms with van der Waals surface area (Å²) in [5, 5.41) is 5.86. The average molecular weight is 411 g/mol. The van der Waals surface area contributed by atoms with Crippen LogP contribution in [0, 0.1) is 0 Å². The molecule has 0 spiro atoms. The zero-order chi connectivity index (χ0) is 19.3. The molecule has 2 aromatic carbocycles. The van der Waals surface area contributed by atoms with E-state index in [2.05, 4.69) is 52.0 Å². The fraction of sp³-hybridized carbons (Fsp3) is 0.261. The number of rotatable bonds is 5. The fourth-order valence-electron chi connectivity index (χ4n) is 3.66. The van der Waals surface area contributed by atoms with Gasteiger partial charge in [-0.2, -0.15) is 0 Å². The number of nitrogens with zero attached hydrogens (tertiary/aromatic N) is 1. The molecule has 144 valence electrons. The highest BCUT2D eigenvalue weighted by Crippen LogP contribution is 2.26. The van der Waals surface area contributed by atoms with Crippen LogP contribution in [0.5, 0.6) is 0 Å². The molecular formula is C23H23ClN2OS. The summed E-state index contributed by atoms with van der Waals surface area (Å²) in [5.74, 6) is -0.0374. The van der Waals surface area contributed by atoms with E-state index in [1.807, 2.05) is 6.07 Å². The minimum Gasteiger partial charge on any atom is -0.349 e. The number of likely N-dealkylation sites (tertiary alicyclic amines) is 1. The fourth-order valence-corrected chi connectivity index (χ4v) is 4.57. The van der Waals surface area contributed by atoms with Crippen molar-refractivity contribution in [1.29, 1.82) is 0 Å². The van der Waals surface area contributed by atoms with Crippen LogP contribution in [0.2, 0.25) is 5.02 Å². The van der Waals surface area contributed by atoms with E-state index in [9.17, 15) is 4.79 Å². The average Bonchev–Trinajstić information content (AvgIpc) is 3.25. The minimum atomic E-state index is -0.0374. The van der Waals surface area contributed by atoms with E-state index in [4.69, 9.17) is 11.6 Å². The number of thiophene rings is 1. The van der Waals surface area contributed by atoms with E-state index in [0.717, 1.165) is 32.5 Å². The van der Waals surface area contributed by atoms with Gasteiger partial charge in [0.25, 0.3) is 5.91 Å². The van der Waals surface area contributed by atoms with Gasteiger partial charge in [-0.1, -0.05) is 41.9 Å². The molecule has 0 radical (unpaired) electrons. The number of hydrogen-bond acceptors (Lipinski definition) is 3. The standard InChI is InChI=1S/C23H23ClN2OS/c24-20-7-2-6-19(15-20)23(27)25-21-9-11-26(12-10-21)16-17-4-1-5-18(14-17)22-8-3-13-28-22/h1-8,13-15,21H,9-12,16H2,(H,25,27). The lowest BCUT2D eigenvalue weighted by atomic mass is 10.0. The Kier molecular flexibility index (Phi) is 6.10. The first kappa shape index (κ1) is 19.2. The Morgan fingerprint density at radius 3 is 2.64 bits per heavy atom. The SMILES string of the molecule is O=C(NC1CCN(Cc2cccc(-c3cccs3)c2)CC1)c1cccc(Cl)c1. The molecule has 0 bridgehead atoms. The van der Waals surface area contributed by atoms with Crippen LogP contribution in [-0.2, 0) is 6.54 Å². The van der Waals surface area contributed by atoms with Crippen LogP contribution >= 0.6 is 22.9 Å². The van der Waals surface area contributed by atoms with Crippen LogP contribution in [0.4, 0.5) is 0 Å². The van der Waals surface area contributed by atoms with Gasteiger partial charge in [-0.25, -0.2) is 0 Å². The second-order valence-electron chi connectivity index (χ2n) is 7.21. The molecule has 0 unspecified atom stereocenters. The first-order chi connectivity index (χ1) is 13.7. The highest BCUT2D eigenvalue weighted by molar-refractivity contribution is 7.13. The van der Waals surface area contributed by atoms with E-state index in [0.29, 0.717) is 10.6 Å². The van der Waals surface area contributed by atoms with Gasteiger partial charge in [-0.3, -0.25) is 9.69 Å².